The third-order valence-corrected chi connectivity index (χ3v) is 5.40. The molecule has 1 atom stereocenters. The molecular formula is C25H20BrNO5. The summed E-state index contributed by atoms with van der Waals surface area (Å²) >= 11 is 3.37. The van der Waals surface area contributed by atoms with Crippen LogP contribution in [0.4, 0.5) is 5.69 Å². The maximum Gasteiger partial charge on any atom is 0.265 e. The van der Waals surface area contributed by atoms with Crippen molar-refractivity contribution in [1.29, 1.82) is 0 Å². The lowest BCUT2D eigenvalue weighted by atomic mass is 10.1. The van der Waals surface area contributed by atoms with Gasteiger partial charge in [0.05, 0.1) is 12.5 Å². The highest BCUT2D eigenvalue weighted by Gasteiger charge is 2.15. The van der Waals surface area contributed by atoms with Crippen LogP contribution in [0.15, 0.2) is 86.5 Å². The Morgan fingerprint density at radius 1 is 0.969 bits per heavy atom. The van der Waals surface area contributed by atoms with Crippen molar-refractivity contribution < 1.29 is 18.7 Å². The van der Waals surface area contributed by atoms with E-state index in [9.17, 15) is 9.59 Å². The van der Waals surface area contributed by atoms with Crippen molar-refractivity contribution in [2.45, 2.75) is 13.0 Å². The fraction of sp³-hybridized carbons (Fsp3) is 0.120. The Kier molecular flexibility index (Phi) is 6.28. The van der Waals surface area contributed by atoms with E-state index in [0.29, 0.717) is 33.9 Å². The van der Waals surface area contributed by atoms with Crippen molar-refractivity contribution >= 4 is 38.5 Å². The average Bonchev–Trinajstić information content (AvgIpc) is 2.80. The third kappa shape index (κ3) is 4.84. The van der Waals surface area contributed by atoms with Gasteiger partial charge in [0.2, 0.25) is 0 Å². The van der Waals surface area contributed by atoms with E-state index in [2.05, 4.69) is 21.2 Å². The van der Waals surface area contributed by atoms with Gasteiger partial charge in [-0.1, -0.05) is 15.9 Å². The molecule has 1 N–H and O–H groups in total. The van der Waals surface area contributed by atoms with Gasteiger partial charge >= 0.3 is 0 Å². The van der Waals surface area contributed by atoms with Crippen molar-refractivity contribution in [1.82, 2.24) is 0 Å². The first-order valence-electron chi connectivity index (χ1n) is 9.88. The number of amides is 1. The first-order chi connectivity index (χ1) is 15.4. The van der Waals surface area contributed by atoms with Crippen LogP contribution in [0.5, 0.6) is 11.5 Å². The summed E-state index contributed by atoms with van der Waals surface area (Å²) in [7, 11) is 1.55. The predicted octanol–water partition coefficient (Wildman–Crippen LogP) is 5.64. The quantitative estimate of drug-likeness (QED) is 0.376. The molecule has 1 heterocycles. The summed E-state index contributed by atoms with van der Waals surface area (Å²) in [6, 6.07) is 20.9. The number of nitrogens with one attached hydrogen (secondary N) is 1. The number of anilines is 1. The largest absolute Gasteiger partial charge is 0.497 e. The zero-order valence-corrected chi connectivity index (χ0v) is 19.0. The normalized spacial score (nSPS) is 11.7. The van der Waals surface area contributed by atoms with Crippen LogP contribution in [0.2, 0.25) is 0 Å². The lowest BCUT2D eigenvalue weighted by Crippen LogP contribution is -2.30. The lowest BCUT2D eigenvalue weighted by Gasteiger charge is -2.15. The average molecular weight is 494 g/mol. The van der Waals surface area contributed by atoms with Crippen molar-refractivity contribution in [3.8, 4) is 22.8 Å². The summed E-state index contributed by atoms with van der Waals surface area (Å²) in [6.45, 7) is 1.68. The Labute approximate surface area is 192 Å². The summed E-state index contributed by atoms with van der Waals surface area (Å²) in [5.41, 5.74) is 1.65. The van der Waals surface area contributed by atoms with E-state index in [1.165, 1.54) is 6.07 Å². The van der Waals surface area contributed by atoms with Crippen molar-refractivity contribution in [3.63, 3.8) is 0 Å². The molecule has 0 aliphatic carbocycles. The van der Waals surface area contributed by atoms with Crippen LogP contribution in [0.1, 0.15) is 6.92 Å². The van der Waals surface area contributed by atoms with E-state index < -0.39 is 6.10 Å². The van der Waals surface area contributed by atoms with Gasteiger partial charge in [0, 0.05) is 21.8 Å². The molecule has 7 heteroatoms. The molecule has 6 nitrogen and oxygen atoms in total. The molecule has 0 fully saturated rings. The van der Waals surface area contributed by atoms with Crippen molar-refractivity contribution in [2.24, 2.45) is 0 Å². The van der Waals surface area contributed by atoms with E-state index in [1.54, 1.807) is 68.6 Å². The smallest absolute Gasteiger partial charge is 0.265 e. The summed E-state index contributed by atoms with van der Waals surface area (Å²) in [5, 5.41) is 3.28. The maximum atomic E-state index is 12.5. The minimum Gasteiger partial charge on any atom is -0.497 e. The lowest BCUT2D eigenvalue weighted by molar-refractivity contribution is -0.122. The molecule has 4 rings (SSSR count). The fourth-order valence-electron chi connectivity index (χ4n) is 3.14. The van der Waals surface area contributed by atoms with Gasteiger partial charge in [-0.3, -0.25) is 9.59 Å². The van der Waals surface area contributed by atoms with E-state index in [0.717, 1.165) is 10.0 Å². The summed E-state index contributed by atoms with van der Waals surface area (Å²) in [4.78, 5) is 25.0. The monoisotopic (exact) mass is 493 g/mol. The van der Waals surface area contributed by atoms with Gasteiger partial charge in [-0.25, -0.2) is 0 Å². The molecule has 1 aromatic heterocycles. The molecule has 0 spiro atoms. The molecule has 162 valence electrons. The number of rotatable bonds is 6. The molecule has 32 heavy (non-hydrogen) atoms. The third-order valence-electron chi connectivity index (χ3n) is 4.87. The van der Waals surface area contributed by atoms with Gasteiger partial charge in [0.15, 0.2) is 11.5 Å². The van der Waals surface area contributed by atoms with Crippen molar-refractivity contribution in [3.05, 3.63) is 87.5 Å². The van der Waals surface area contributed by atoms with E-state index in [1.807, 2.05) is 12.1 Å². The summed E-state index contributed by atoms with van der Waals surface area (Å²) in [6.07, 6.45) is -0.675. The van der Waals surface area contributed by atoms with Gasteiger partial charge in [-0.2, -0.15) is 0 Å². The molecule has 1 amide bonds. The Morgan fingerprint density at radius 2 is 1.66 bits per heavy atom. The molecule has 1 unspecified atom stereocenters. The highest BCUT2D eigenvalue weighted by Crippen LogP contribution is 2.26. The van der Waals surface area contributed by atoms with E-state index in [-0.39, 0.29) is 11.3 Å². The number of ether oxygens (including phenoxy) is 2. The second-order valence-electron chi connectivity index (χ2n) is 7.12. The zero-order valence-electron chi connectivity index (χ0n) is 17.4. The number of methoxy groups -OCH3 is 1. The van der Waals surface area contributed by atoms with Crippen LogP contribution in [-0.4, -0.2) is 19.1 Å². The molecule has 0 bridgehead atoms. The number of benzene rings is 3. The van der Waals surface area contributed by atoms with Crippen LogP contribution in [0.3, 0.4) is 0 Å². The van der Waals surface area contributed by atoms with Crippen LogP contribution in [0, 0.1) is 0 Å². The van der Waals surface area contributed by atoms with E-state index in [4.69, 9.17) is 13.9 Å². The first kappa shape index (κ1) is 21.6. The first-order valence-corrected chi connectivity index (χ1v) is 10.7. The maximum absolute atomic E-state index is 12.5. The number of carbonyl (C=O) groups excluding carboxylic acids is 1. The molecule has 0 saturated heterocycles. The van der Waals surface area contributed by atoms with Gasteiger partial charge < -0.3 is 19.2 Å². The minimum absolute atomic E-state index is 0.156. The highest BCUT2D eigenvalue weighted by atomic mass is 79.9. The molecule has 0 radical (unpaired) electrons. The standard InChI is InChI=1S/C25H20BrNO5/c1-15(31-19-9-5-17(26)6-10-19)25(29)27-18-7-3-16(4-8-18)24-14-22(28)21-13-20(30-2)11-12-23(21)32-24/h3-15H,1-2H3,(H,27,29). The van der Waals surface area contributed by atoms with Crippen LogP contribution in [-0.2, 0) is 4.79 Å². The molecule has 3 aromatic carbocycles. The van der Waals surface area contributed by atoms with E-state index >= 15 is 0 Å². The topological polar surface area (TPSA) is 77.8 Å². The molecule has 0 saturated carbocycles. The van der Waals surface area contributed by atoms with Crippen LogP contribution in [0.25, 0.3) is 22.3 Å². The highest BCUT2D eigenvalue weighted by molar-refractivity contribution is 9.10. The number of hydrogen-bond donors (Lipinski definition) is 1. The van der Waals surface area contributed by atoms with Crippen LogP contribution >= 0.6 is 15.9 Å². The SMILES string of the molecule is COc1ccc2oc(-c3ccc(NC(=O)C(C)Oc4ccc(Br)cc4)cc3)cc(=O)c2c1. The zero-order chi connectivity index (χ0) is 22.7. The number of hydrogen-bond acceptors (Lipinski definition) is 5. The summed E-state index contributed by atoms with van der Waals surface area (Å²) < 4.78 is 17.7. The Hall–Kier alpha value is -3.58. The second kappa shape index (κ2) is 9.28. The summed E-state index contributed by atoms with van der Waals surface area (Å²) in [5.74, 6) is 1.37. The molecule has 4 aromatic rings. The molecule has 0 aliphatic rings. The second-order valence-corrected chi connectivity index (χ2v) is 8.03. The minimum atomic E-state index is -0.675. The van der Waals surface area contributed by atoms with Crippen LogP contribution < -0.4 is 20.2 Å². The van der Waals surface area contributed by atoms with Gasteiger partial charge in [0.1, 0.15) is 22.8 Å². The van der Waals surface area contributed by atoms with Gasteiger partial charge in [0.25, 0.3) is 5.91 Å². The fourth-order valence-corrected chi connectivity index (χ4v) is 3.40. The number of halogens is 1. The Balaban J connectivity index is 1.47. The predicted molar refractivity (Wildman–Crippen MR) is 127 cm³/mol. The molecule has 0 aliphatic heterocycles. The van der Waals surface area contributed by atoms with Gasteiger partial charge in [-0.05, 0) is 73.7 Å². The number of fused-ring (bicyclic) bond motifs is 1. The Morgan fingerprint density at radius 3 is 2.34 bits per heavy atom. The van der Waals surface area contributed by atoms with Gasteiger partial charge in [-0.15, -0.1) is 0 Å². The van der Waals surface area contributed by atoms with Crippen molar-refractivity contribution in [2.75, 3.05) is 12.4 Å². The molecular weight excluding hydrogens is 474 g/mol. The number of carbonyl (C=O) groups is 1. The Bertz CT molecular complexity index is 1310.